The maximum Gasteiger partial charge on any atom is 0.130 e. The van der Waals surface area contributed by atoms with Gasteiger partial charge in [-0.05, 0) is 48.9 Å². The first-order valence-corrected chi connectivity index (χ1v) is 6.86. The Morgan fingerprint density at radius 1 is 0.905 bits per heavy atom. The number of nitrogens with zero attached hydrogens (tertiary/aromatic N) is 1. The summed E-state index contributed by atoms with van der Waals surface area (Å²) in [5.74, 6) is 0.825. The van der Waals surface area contributed by atoms with Gasteiger partial charge in [-0.25, -0.2) is 4.98 Å². The minimum atomic E-state index is 0.759. The number of nitrogens with two attached hydrogens (primary N) is 1. The Balaban J connectivity index is 1.79. The highest BCUT2D eigenvalue weighted by molar-refractivity contribution is 5.68. The molecule has 0 spiro atoms. The fourth-order valence-electron chi connectivity index (χ4n) is 2.14. The smallest absolute Gasteiger partial charge is 0.130 e. The average Bonchev–Trinajstić information content (AvgIpc) is 2.50. The Bertz CT molecular complexity index is 731. The zero-order valence-corrected chi connectivity index (χ0v) is 11.9. The molecule has 1 aromatic heterocycles. The van der Waals surface area contributed by atoms with Crippen molar-refractivity contribution in [3.05, 3.63) is 72.4 Å². The van der Waals surface area contributed by atoms with Crippen molar-refractivity contribution in [1.29, 1.82) is 0 Å². The molecule has 0 amide bonds. The Hall–Kier alpha value is -2.81. The molecule has 3 aromatic rings. The Kier molecular flexibility index (Phi) is 3.56. The summed E-state index contributed by atoms with van der Waals surface area (Å²) in [6, 6.07) is 20.0. The molecule has 3 rings (SSSR count). The lowest BCUT2D eigenvalue weighted by molar-refractivity contribution is 1.30. The van der Waals surface area contributed by atoms with E-state index in [1.165, 1.54) is 5.56 Å². The molecule has 0 atom stereocenters. The van der Waals surface area contributed by atoms with Crippen molar-refractivity contribution in [3.8, 4) is 11.1 Å². The van der Waals surface area contributed by atoms with Crippen LogP contribution in [0.3, 0.4) is 0 Å². The van der Waals surface area contributed by atoms with Crippen LogP contribution in [0, 0.1) is 6.92 Å². The molecule has 2 aromatic carbocycles. The third-order valence-electron chi connectivity index (χ3n) is 3.31. The lowest BCUT2D eigenvalue weighted by Crippen LogP contribution is -1.93. The second-order valence-electron chi connectivity index (χ2n) is 5.05. The maximum absolute atomic E-state index is 5.81. The van der Waals surface area contributed by atoms with Gasteiger partial charge in [-0.1, -0.05) is 29.8 Å². The van der Waals surface area contributed by atoms with E-state index < -0.39 is 0 Å². The molecular weight excluding hydrogens is 258 g/mol. The van der Waals surface area contributed by atoms with E-state index in [9.17, 15) is 0 Å². The van der Waals surface area contributed by atoms with Crippen LogP contribution in [-0.2, 0) is 0 Å². The molecule has 0 unspecified atom stereocenters. The number of aromatic nitrogens is 1. The number of benzene rings is 2. The predicted octanol–water partition coefficient (Wildman–Crippen LogP) is 4.38. The Labute approximate surface area is 124 Å². The maximum atomic E-state index is 5.81. The monoisotopic (exact) mass is 275 g/mol. The molecular formula is C18H17N3. The first kappa shape index (κ1) is 13.2. The minimum absolute atomic E-state index is 0.759. The van der Waals surface area contributed by atoms with Crippen molar-refractivity contribution in [2.75, 3.05) is 11.1 Å². The fraction of sp³-hybridized carbons (Fsp3) is 0.0556. The number of hydrogen-bond acceptors (Lipinski definition) is 3. The molecule has 0 radical (unpaired) electrons. The Morgan fingerprint density at radius 2 is 1.71 bits per heavy atom. The van der Waals surface area contributed by atoms with Crippen molar-refractivity contribution < 1.29 is 0 Å². The number of nitrogen functional groups attached to an aromatic ring is 1. The third kappa shape index (κ3) is 3.20. The first-order valence-electron chi connectivity index (χ1n) is 6.86. The number of aryl methyl sites for hydroxylation is 1. The van der Waals surface area contributed by atoms with Crippen molar-refractivity contribution >= 4 is 17.2 Å². The highest BCUT2D eigenvalue weighted by Crippen LogP contribution is 2.22. The fourth-order valence-corrected chi connectivity index (χ4v) is 2.14. The van der Waals surface area contributed by atoms with Crippen LogP contribution in [0.2, 0.25) is 0 Å². The van der Waals surface area contributed by atoms with E-state index in [1.54, 1.807) is 0 Å². The van der Waals surface area contributed by atoms with Crippen LogP contribution < -0.4 is 11.1 Å². The SMILES string of the molecule is Cc1ccc(Nc2ccc(-c3cccc(N)c3)cn2)cc1. The van der Waals surface area contributed by atoms with Crippen LogP contribution in [0.4, 0.5) is 17.2 Å². The second kappa shape index (κ2) is 5.67. The molecule has 3 nitrogen and oxygen atoms in total. The lowest BCUT2D eigenvalue weighted by atomic mass is 10.1. The van der Waals surface area contributed by atoms with E-state index in [0.29, 0.717) is 0 Å². The highest BCUT2D eigenvalue weighted by atomic mass is 15.0. The molecule has 3 N–H and O–H groups in total. The summed E-state index contributed by atoms with van der Waals surface area (Å²) < 4.78 is 0. The van der Waals surface area contributed by atoms with Gasteiger partial charge in [-0.3, -0.25) is 0 Å². The van der Waals surface area contributed by atoms with Gasteiger partial charge in [0.1, 0.15) is 5.82 Å². The summed E-state index contributed by atoms with van der Waals surface area (Å²) in [6.45, 7) is 2.07. The normalized spacial score (nSPS) is 10.3. The average molecular weight is 275 g/mol. The van der Waals surface area contributed by atoms with Crippen molar-refractivity contribution in [2.45, 2.75) is 6.92 Å². The summed E-state index contributed by atoms with van der Waals surface area (Å²) in [4.78, 5) is 4.45. The van der Waals surface area contributed by atoms with E-state index in [4.69, 9.17) is 5.73 Å². The number of nitrogens with one attached hydrogen (secondary N) is 1. The van der Waals surface area contributed by atoms with Crippen LogP contribution in [-0.4, -0.2) is 4.98 Å². The van der Waals surface area contributed by atoms with Crippen LogP contribution in [0.15, 0.2) is 66.9 Å². The van der Waals surface area contributed by atoms with E-state index >= 15 is 0 Å². The van der Waals surface area contributed by atoms with E-state index in [2.05, 4.69) is 29.4 Å². The molecule has 0 fully saturated rings. The van der Waals surface area contributed by atoms with Crippen molar-refractivity contribution in [1.82, 2.24) is 4.98 Å². The van der Waals surface area contributed by atoms with Crippen molar-refractivity contribution in [3.63, 3.8) is 0 Å². The van der Waals surface area contributed by atoms with Gasteiger partial charge in [-0.15, -0.1) is 0 Å². The van der Waals surface area contributed by atoms with Gasteiger partial charge in [0.25, 0.3) is 0 Å². The molecule has 1 heterocycles. The van der Waals surface area contributed by atoms with Gasteiger partial charge < -0.3 is 11.1 Å². The minimum Gasteiger partial charge on any atom is -0.399 e. The van der Waals surface area contributed by atoms with Gasteiger partial charge in [0, 0.05) is 23.1 Å². The Morgan fingerprint density at radius 3 is 2.38 bits per heavy atom. The molecule has 3 heteroatoms. The summed E-state index contributed by atoms with van der Waals surface area (Å²) in [7, 11) is 0. The number of pyridine rings is 1. The van der Waals surface area contributed by atoms with Crippen LogP contribution in [0.25, 0.3) is 11.1 Å². The molecule has 0 saturated heterocycles. The van der Waals surface area contributed by atoms with E-state index in [1.807, 2.05) is 54.7 Å². The number of hydrogen-bond donors (Lipinski definition) is 2. The van der Waals surface area contributed by atoms with Crippen molar-refractivity contribution in [2.24, 2.45) is 0 Å². The molecule has 0 aliphatic rings. The first-order chi connectivity index (χ1) is 10.2. The molecule has 0 aliphatic carbocycles. The lowest BCUT2D eigenvalue weighted by Gasteiger charge is -2.07. The summed E-state index contributed by atoms with van der Waals surface area (Å²) in [5.41, 5.74) is 11.0. The van der Waals surface area contributed by atoms with E-state index in [-0.39, 0.29) is 0 Å². The van der Waals surface area contributed by atoms with Crippen LogP contribution in [0.5, 0.6) is 0 Å². The quantitative estimate of drug-likeness (QED) is 0.697. The third-order valence-corrected chi connectivity index (χ3v) is 3.31. The van der Waals surface area contributed by atoms with Gasteiger partial charge in [0.15, 0.2) is 0 Å². The largest absolute Gasteiger partial charge is 0.399 e. The molecule has 0 saturated carbocycles. The van der Waals surface area contributed by atoms with Crippen LogP contribution in [0.1, 0.15) is 5.56 Å². The molecule has 21 heavy (non-hydrogen) atoms. The van der Waals surface area contributed by atoms with Crippen LogP contribution >= 0.6 is 0 Å². The standard InChI is InChI=1S/C18H17N3/c1-13-5-8-17(9-6-13)21-18-10-7-15(12-20-18)14-3-2-4-16(19)11-14/h2-12H,19H2,1H3,(H,20,21). The number of anilines is 3. The number of rotatable bonds is 3. The van der Waals surface area contributed by atoms with Gasteiger partial charge in [0.05, 0.1) is 0 Å². The molecule has 0 bridgehead atoms. The van der Waals surface area contributed by atoms with Gasteiger partial charge in [-0.2, -0.15) is 0 Å². The van der Waals surface area contributed by atoms with Gasteiger partial charge in [0.2, 0.25) is 0 Å². The highest BCUT2D eigenvalue weighted by Gasteiger charge is 2.00. The molecule has 104 valence electrons. The summed E-state index contributed by atoms with van der Waals surface area (Å²) >= 11 is 0. The predicted molar refractivity (Wildman–Crippen MR) is 88.5 cm³/mol. The molecule has 0 aliphatic heterocycles. The second-order valence-corrected chi connectivity index (χ2v) is 5.05. The van der Waals surface area contributed by atoms with E-state index in [0.717, 1.165) is 28.3 Å². The van der Waals surface area contributed by atoms with Gasteiger partial charge >= 0.3 is 0 Å². The summed E-state index contributed by atoms with van der Waals surface area (Å²) in [5, 5.41) is 3.29. The topological polar surface area (TPSA) is 50.9 Å². The summed E-state index contributed by atoms with van der Waals surface area (Å²) in [6.07, 6.45) is 1.85. The zero-order valence-electron chi connectivity index (χ0n) is 11.9. The zero-order chi connectivity index (χ0) is 14.7.